The van der Waals surface area contributed by atoms with Gasteiger partial charge in [-0.15, -0.1) is 0 Å². The first-order chi connectivity index (χ1) is 21.9. The van der Waals surface area contributed by atoms with E-state index < -0.39 is 49.5 Å². The van der Waals surface area contributed by atoms with Gasteiger partial charge in [0.25, 0.3) is 0 Å². The number of hydrogen-bond donors (Lipinski definition) is 2. The van der Waals surface area contributed by atoms with Gasteiger partial charge in [-0.3, -0.25) is 9.32 Å². The minimum Gasteiger partial charge on any atom is -0.461 e. The average Bonchev–Trinajstić information content (AvgIpc) is 3.66. The number of esters is 1. The minimum atomic E-state index is -4.23. The highest BCUT2D eigenvalue weighted by molar-refractivity contribution is 7.52. The SMILES string of the molecule is C[C@H](NP(=O)(OC[C@H]1O[C@@](C)(c2ccc3c(N)ncnn23)[C@@H]2OC(C)(C)O[C@@H]21)Oc1cccc2ccccc12)C(=O)OC1CCC1. The molecule has 2 saturated heterocycles. The smallest absolute Gasteiger partial charge is 0.459 e. The van der Waals surface area contributed by atoms with E-state index in [0.29, 0.717) is 22.8 Å². The summed E-state index contributed by atoms with van der Waals surface area (Å²) in [7, 11) is -4.23. The molecule has 1 aliphatic carbocycles. The van der Waals surface area contributed by atoms with Gasteiger partial charge in [-0.05, 0) is 70.5 Å². The lowest BCUT2D eigenvalue weighted by Gasteiger charge is -2.31. The standard InChI is InChI=1S/C32H38N5O8P/c1-19(30(38)41-21-11-8-12-21)36-46(39,45-24-14-7-10-20-9-5-6-13-22(20)24)40-17-25-27-28(44-31(2,3)43-27)32(4,42-25)26-16-15-23-29(33)34-18-35-37(23)26/h5-7,9-10,13-16,18-19,21,25,27-28H,8,11-12,17H2,1-4H3,(H,36,39)(H2,33,34,35)/t19-,25+,27+,28+,32-,46?/m0/s1. The third-order valence-electron chi connectivity index (χ3n) is 8.84. The lowest BCUT2D eigenvalue weighted by atomic mass is 9.93. The zero-order valence-electron chi connectivity index (χ0n) is 26.1. The van der Waals surface area contributed by atoms with Crippen molar-refractivity contribution in [1.29, 1.82) is 0 Å². The maximum Gasteiger partial charge on any atom is 0.459 e. The van der Waals surface area contributed by atoms with Crippen molar-refractivity contribution < 1.29 is 37.4 Å². The van der Waals surface area contributed by atoms with E-state index in [1.165, 1.54) is 6.33 Å². The zero-order chi connectivity index (χ0) is 32.3. The fourth-order valence-electron chi connectivity index (χ4n) is 6.31. The Morgan fingerprint density at radius 2 is 1.89 bits per heavy atom. The summed E-state index contributed by atoms with van der Waals surface area (Å²) in [5, 5.41) is 8.85. The van der Waals surface area contributed by atoms with Crippen LogP contribution in [0.2, 0.25) is 0 Å². The summed E-state index contributed by atoms with van der Waals surface area (Å²) in [5.41, 5.74) is 6.34. The molecule has 3 fully saturated rings. The van der Waals surface area contributed by atoms with Crippen molar-refractivity contribution >= 4 is 35.8 Å². The quantitative estimate of drug-likeness (QED) is 0.177. The molecule has 1 saturated carbocycles. The van der Waals surface area contributed by atoms with E-state index in [-0.39, 0.29) is 12.7 Å². The number of nitrogen functional groups attached to an aromatic ring is 1. The number of ether oxygens (including phenoxy) is 4. The number of carbonyl (C=O) groups excluding carboxylic acids is 1. The Balaban J connectivity index is 1.18. The van der Waals surface area contributed by atoms with Crippen LogP contribution in [-0.4, -0.2) is 63.4 Å². The predicted molar refractivity (Wildman–Crippen MR) is 168 cm³/mol. The molecular formula is C32H38N5O8P. The lowest BCUT2D eigenvalue weighted by Crippen LogP contribution is -2.39. The summed E-state index contributed by atoms with van der Waals surface area (Å²) >= 11 is 0. The molecule has 6 atom stereocenters. The van der Waals surface area contributed by atoms with Crippen LogP contribution in [0.1, 0.15) is 52.7 Å². The van der Waals surface area contributed by atoms with Crippen LogP contribution in [-0.2, 0) is 38.4 Å². The van der Waals surface area contributed by atoms with Gasteiger partial charge in [-0.2, -0.15) is 10.2 Å². The third-order valence-corrected chi connectivity index (χ3v) is 10.5. The van der Waals surface area contributed by atoms with Crippen LogP contribution in [0, 0.1) is 0 Å². The molecule has 4 heterocycles. The Hall–Kier alpha value is -3.58. The fraction of sp³-hybridized carbons (Fsp3) is 0.469. The summed E-state index contributed by atoms with van der Waals surface area (Å²) in [6, 6.07) is 15.7. The van der Waals surface area contributed by atoms with E-state index in [1.807, 2.05) is 63.2 Å². The number of hydrogen-bond acceptors (Lipinski definition) is 11. The molecular weight excluding hydrogens is 613 g/mol. The van der Waals surface area contributed by atoms with Gasteiger partial charge < -0.3 is 29.2 Å². The van der Waals surface area contributed by atoms with Crippen molar-refractivity contribution in [3.05, 3.63) is 66.6 Å². The molecule has 2 aromatic heterocycles. The first kappa shape index (κ1) is 31.0. The molecule has 0 bridgehead atoms. The topological polar surface area (TPSA) is 158 Å². The molecule has 2 aromatic carbocycles. The Morgan fingerprint density at radius 3 is 2.67 bits per heavy atom. The first-order valence-corrected chi connectivity index (χ1v) is 17.0. The maximum absolute atomic E-state index is 14.6. The molecule has 0 amide bonds. The molecule has 46 heavy (non-hydrogen) atoms. The summed E-state index contributed by atoms with van der Waals surface area (Å²) in [4.78, 5) is 17.0. The Kier molecular flexibility index (Phi) is 7.82. The van der Waals surface area contributed by atoms with Crippen molar-refractivity contribution in [2.45, 2.75) is 88.8 Å². The van der Waals surface area contributed by atoms with Crippen molar-refractivity contribution in [2.24, 2.45) is 0 Å². The number of nitrogens with one attached hydrogen (secondary N) is 1. The molecule has 14 heteroatoms. The van der Waals surface area contributed by atoms with Gasteiger partial charge in [0, 0.05) is 5.39 Å². The van der Waals surface area contributed by atoms with Gasteiger partial charge >= 0.3 is 13.7 Å². The molecule has 3 aliphatic rings. The fourth-order valence-corrected chi connectivity index (χ4v) is 7.83. The summed E-state index contributed by atoms with van der Waals surface area (Å²) in [6.45, 7) is 6.90. The third kappa shape index (κ3) is 5.65. The average molecular weight is 652 g/mol. The van der Waals surface area contributed by atoms with Crippen LogP contribution < -0.4 is 15.3 Å². The highest BCUT2D eigenvalue weighted by atomic mass is 31.2. The molecule has 1 unspecified atom stereocenters. The van der Waals surface area contributed by atoms with E-state index in [0.717, 1.165) is 30.0 Å². The van der Waals surface area contributed by atoms with E-state index >= 15 is 0 Å². The van der Waals surface area contributed by atoms with Crippen LogP contribution in [0.15, 0.2) is 60.9 Å². The monoisotopic (exact) mass is 651 g/mol. The molecule has 4 aromatic rings. The van der Waals surface area contributed by atoms with E-state index in [9.17, 15) is 9.36 Å². The number of benzene rings is 2. The molecule has 244 valence electrons. The first-order valence-electron chi connectivity index (χ1n) is 15.5. The highest BCUT2D eigenvalue weighted by Gasteiger charge is 2.62. The van der Waals surface area contributed by atoms with Crippen molar-refractivity contribution in [3.8, 4) is 5.75 Å². The Labute approximate surface area is 266 Å². The van der Waals surface area contributed by atoms with Crippen molar-refractivity contribution in [1.82, 2.24) is 19.7 Å². The van der Waals surface area contributed by atoms with Crippen LogP contribution >= 0.6 is 7.75 Å². The van der Waals surface area contributed by atoms with E-state index in [4.69, 9.17) is 33.7 Å². The molecule has 3 N–H and O–H groups in total. The zero-order valence-corrected chi connectivity index (χ0v) is 27.0. The predicted octanol–water partition coefficient (Wildman–Crippen LogP) is 4.88. The van der Waals surface area contributed by atoms with E-state index in [2.05, 4.69) is 15.2 Å². The number of nitrogens with two attached hydrogens (primary N) is 1. The van der Waals surface area contributed by atoms with Gasteiger partial charge in [-0.1, -0.05) is 36.4 Å². The van der Waals surface area contributed by atoms with E-state index in [1.54, 1.807) is 23.6 Å². The number of aromatic nitrogens is 3. The number of fused-ring (bicyclic) bond motifs is 3. The highest BCUT2D eigenvalue weighted by Crippen LogP contribution is 2.52. The Bertz CT molecular complexity index is 1820. The maximum atomic E-state index is 14.6. The molecule has 13 nitrogen and oxygen atoms in total. The second kappa shape index (κ2) is 11.6. The van der Waals surface area contributed by atoms with Crippen LogP contribution in [0.25, 0.3) is 16.3 Å². The van der Waals surface area contributed by atoms with Gasteiger partial charge in [-0.25, -0.2) is 14.1 Å². The second-order valence-corrected chi connectivity index (χ2v) is 14.3. The Morgan fingerprint density at radius 1 is 1.11 bits per heavy atom. The van der Waals surface area contributed by atoms with Gasteiger partial charge in [0.05, 0.1) is 12.3 Å². The second-order valence-electron chi connectivity index (χ2n) is 12.6. The number of carbonyl (C=O) groups is 1. The molecule has 7 rings (SSSR count). The van der Waals surface area contributed by atoms with Crippen molar-refractivity contribution in [2.75, 3.05) is 12.3 Å². The lowest BCUT2D eigenvalue weighted by molar-refractivity contribution is -0.212. The number of nitrogens with zero attached hydrogens (tertiary/aromatic N) is 3. The van der Waals surface area contributed by atoms with Crippen molar-refractivity contribution in [3.63, 3.8) is 0 Å². The summed E-state index contributed by atoms with van der Waals surface area (Å²) in [6.07, 6.45) is 1.96. The molecule has 0 radical (unpaired) electrons. The molecule has 2 aliphatic heterocycles. The number of rotatable bonds is 10. The van der Waals surface area contributed by atoms with Crippen LogP contribution in [0.5, 0.6) is 5.75 Å². The van der Waals surface area contributed by atoms with Crippen LogP contribution in [0.3, 0.4) is 0 Å². The van der Waals surface area contributed by atoms with Gasteiger partial charge in [0.15, 0.2) is 11.6 Å². The number of anilines is 1. The van der Waals surface area contributed by atoms with Gasteiger partial charge in [0.1, 0.15) is 53.7 Å². The largest absolute Gasteiger partial charge is 0.461 e. The summed E-state index contributed by atoms with van der Waals surface area (Å²) < 4.78 is 53.4. The summed E-state index contributed by atoms with van der Waals surface area (Å²) in [5.74, 6) is -0.802. The minimum absolute atomic E-state index is 0.133. The molecule has 0 spiro atoms. The van der Waals surface area contributed by atoms with Gasteiger partial charge in [0.2, 0.25) is 0 Å². The normalized spacial score (nSPS) is 27.6. The van der Waals surface area contributed by atoms with Crippen LogP contribution in [0.4, 0.5) is 5.82 Å².